The largest absolute Gasteiger partial charge is 0.497 e. The number of thioether (sulfide) groups is 1. The van der Waals surface area contributed by atoms with Crippen LogP contribution in [0, 0.1) is 10.1 Å². The minimum atomic E-state index is -1.12. The van der Waals surface area contributed by atoms with Gasteiger partial charge in [-0.1, -0.05) is 37.3 Å². The highest BCUT2D eigenvalue weighted by atomic mass is 32.2. The molecule has 0 saturated carbocycles. The number of nitro benzene ring substituents is 1. The van der Waals surface area contributed by atoms with Gasteiger partial charge in [0.25, 0.3) is 11.6 Å². The Labute approximate surface area is 186 Å². The first-order chi connectivity index (χ1) is 14.8. The number of thiocarbonyl (C=S) groups is 1. The van der Waals surface area contributed by atoms with Gasteiger partial charge in [-0.15, -0.1) is 0 Å². The number of aliphatic carboxylic acids is 1. The predicted octanol–water partition coefficient (Wildman–Crippen LogP) is 4.32. The number of amides is 1. The fourth-order valence-electron chi connectivity index (χ4n) is 3.09. The van der Waals surface area contributed by atoms with Crippen LogP contribution in [-0.2, 0) is 9.59 Å². The van der Waals surface area contributed by atoms with Crippen LogP contribution >= 0.6 is 24.0 Å². The van der Waals surface area contributed by atoms with Crippen molar-refractivity contribution >= 4 is 51.9 Å². The van der Waals surface area contributed by atoms with E-state index < -0.39 is 22.8 Å². The van der Waals surface area contributed by atoms with Crippen molar-refractivity contribution in [3.05, 3.63) is 51.1 Å². The first kappa shape index (κ1) is 22.5. The molecule has 1 aromatic carbocycles. The number of nitrogens with zero attached hydrogens (tertiary/aromatic N) is 2. The molecule has 3 rings (SSSR count). The molecule has 1 aliphatic heterocycles. The molecule has 2 heterocycles. The van der Waals surface area contributed by atoms with Gasteiger partial charge >= 0.3 is 5.97 Å². The van der Waals surface area contributed by atoms with E-state index in [1.54, 1.807) is 18.2 Å². The molecule has 1 aromatic heterocycles. The molecule has 0 radical (unpaired) electrons. The molecule has 1 amide bonds. The van der Waals surface area contributed by atoms with Crippen molar-refractivity contribution in [3.8, 4) is 17.1 Å². The van der Waals surface area contributed by atoms with E-state index in [1.165, 1.54) is 25.3 Å². The molecule has 1 aliphatic rings. The number of hydrogen-bond donors (Lipinski definition) is 1. The molecule has 0 unspecified atom stereocenters. The number of carboxylic acid groups (broad SMARTS) is 1. The van der Waals surface area contributed by atoms with Gasteiger partial charge in [0.15, 0.2) is 0 Å². The first-order valence-corrected chi connectivity index (χ1v) is 10.4. The summed E-state index contributed by atoms with van der Waals surface area (Å²) >= 11 is 6.21. The van der Waals surface area contributed by atoms with E-state index in [1.807, 2.05) is 6.92 Å². The zero-order valence-electron chi connectivity index (χ0n) is 16.6. The number of furan rings is 1. The zero-order chi connectivity index (χ0) is 22.7. The molecule has 31 heavy (non-hydrogen) atoms. The molecule has 11 heteroatoms. The summed E-state index contributed by atoms with van der Waals surface area (Å²) in [6.07, 6.45) is 2.30. The lowest BCUT2D eigenvalue weighted by Crippen LogP contribution is -2.43. The maximum Gasteiger partial charge on any atom is 0.326 e. The minimum Gasteiger partial charge on any atom is -0.497 e. The maximum absolute atomic E-state index is 12.8. The molecule has 1 atom stereocenters. The van der Waals surface area contributed by atoms with Crippen molar-refractivity contribution in [1.29, 1.82) is 0 Å². The Morgan fingerprint density at radius 2 is 2.16 bits per heavy atom. The fraction of sp³-hybridized carbons (Fsp3) is 0.250. The van der Waals surface area contributed by atoms with Gasteiger partial charge in [-0.2, -0.15) is 0 Å². The SMILES string of the molecule is CCC[C@@H](C(=O)O)N1C(=O)/C(=C/c2ccc(-c3ccc(OC)cc3[N+](=O)[O-])o2)SC1=S. The quantitative estimate of drug-likeness (QED) is 0.264. The monoisotopic (exact) mass is 462 g/mol. The zero-order valence-corrected chi connectivity index (χ0v) is 18.2. The standard InChI is InChI=1S/C20H18N2O7S2/c1-3-4-14(19(24)25)21-18(23)17(31-20(21)30)10-12-6-8-16(29-12)13-7-5-11(28-2)9-15(13)22(26)27/h5-10,14H,3-4H2,1-2H3,(H,24,25)/b17-10-/t14-/m0/s1. The molecule has 162 valence electrons. The number of hydrogen-bond acceptors (Lipinski definition) is 8. The molecule has 0 bridgehead atoms. The van der Waals surface area contributed by atoms with Gasteiger partial charge < -0.3 is 14.3 Å². The van der Waals surface area contributed by atoms with Crippen molar-refractivity contribution in [1.82, 2.24) is 4.90 Å². The molecular weight excluding hydrogens is 444 g/mol. The van der Waals surface area contributed by atoms with E-state index in [4.69, 9.17) is 21.4 Å². The minimum absolute atomic E-state index is 0.162. The summed E-state index contributed by atoms with van der Waals surface area (Å²) in [5.74, 6) is -0.768. The van der Waals surface area contributed by atoms with Gasteiger partial charge in [-0.3, -0.25) is 19.8 Å². The number of nitro groups is 1. The Hall–Kier alpha value is -3.18. The van der Waals surface area contributed by atoms with E-state index in [2.05, 4.69) is 0 Å². The van der Waals surface area contributed by atoms with Crippen molar-refractivity contribution in [2.24, 2.45) is 0 Å². The van der Waals surface area contributed by atoms with Crippen LogP contribution in [0.5, 0.6) is 5.75 Å². The summed E-state index contributed by atoms with van der Waals surface area (Å²) in [5.41, 5.74) is 0.0716. The molecule has 1 saturated heterocycles. The van der Waals surface area contributed by atoms with Gasteiger partial charge in [0, 0.05) is 6.08 Å². The van der Waals surface area contributed by atoms with Gasteiger partial charge in [0.2, 0.25) is 0 Å². The van der Waals surface area contributed by atoms with E-state index in [0.717, 1.165) is 16.7 Å². The second-order valence-corrected chi connectivity index (χ2v) is 8.21. The fourth-order valence-corrected chi connectivity index (χ4v) is 4.42. The predicted molar refractivity (Wildman–Crippen MR) is 119 cm³/mol. The number of rotatable bonds is 8. The van der Waals surface area contributed by atoms with Crippen molar-refractivity contribution in [2.75, 3.05) is 7.11 Å². The molecule has 1 N–H and O–H groups in total. The first-order valence-electron chi connectivity index (χ1n) is 9.19. The number of carbonyl (C=O) groups is 2. The molecule has 2 aromatic rings. The number of benzene rings is 1. The van der Waals surface area contributed by atoms with Gasteiger partial charge in [-0.05, 0) is 30.7 Å². The summed E-state index contributed by atoms with van der Waals surface area (Å²) in [4.78, 5) is 36.5. The smallest absolute Gasteiger partial charge is 0.326 e. The maximum atomic E-state index is 12.8. The Morgan fingerprint density at radius 3 is 2.77 bits per heavy atom. The van der Waals surface area contributed by atoms with Crippen molar-refractivity contribution in [3.63, 3.8) is 0 Å². The second-order valence-electron chi connectivity index (χ2n) is 6.54. The number of ether oxygens (including phenoxy) is 1. The van der Waals surface area contributed by atoms with Gasteiger partial charge in [0.05, 0.1) is 28.6 Å². The molecule has 9 nitrogen and oxygen atoms in total. The van der Waals surface area contributed by atoms with Crippen LogP contribution in [0.3, 0.4) is 0 Å². The van der Waals surface area contributed by atoms with Crippen molar-refractivity contribution in [2.45, 2.75) is 25.8 Å². The molecule has 0 spiro atoms. The van der Waals surface area contributed by atoms with Crippen LogP contribution in [0.25, 0.3) is 17.4 Å². The Balaban J connectivity index is 1.91. The third kappa shape index (κ3) is 4.62. The Kier molecular flexibility index (Phi) is 6.76. The molecule has 0 aliphatic carbocycles. The third-order valence-electron chi connectivity index (χ3n) is 4.55. The van der Waals surface area contributed by atoms with Crippen LogP contribution in [0.1, 0.15) is 25.5 Å². The second kappa shape index (κ2) is 9.31. The molecular formula is C20H18N2O7S2. The highest BCUT2D eigenvalue weighted by Crippen LogP contribution is 2.37. The summed E-state index contributed by atoms with van der Waals surface area (Å²) in [7, 11) is 1.41. The van der Waals surface area contributed by atoms with E-state index in [9.17, 15) is 24.8 Å². The highest BCUT2D eigenvalue weighted by molar-refractivity contribution is 8.26. The Morgan fingerprint density at radius 1 is 1.42 bits per heavy atom. The van der Waals surface area contributed by atoms with Crippen LogP contribution < -0.4 is 4.74 Å². The lowest BCUT2D eigenvalue weighted by atomic mass is 10.1. The average molecular weight is 463 g/mol. The van der Waals surface area contributed by atoms with Crippen molar-refractivity contribution < 1.29 is 28.8 Å². The molecule has 1 fully saturated rings. The normalized spacial score (nSPS) is 16.1. The topological polar surface area (TPSA) is 123 Å². The summed E-state index contributed by atoms with van der Waals surface area (Å²) in [6, 6.07) is 6.48. The number of carboxylic acids is 1. The summed E-state index contributed by atoms with van der Waals surface area (Å²) in [5, 5.41) is 20.9. The van der Waals surface area contributed by atoms with Crippen LogP contribution in [0.2, 0.25) is 0 Å². The highest BCUT2D eigenvalue weighted by Gasteiger charge is 2.40. The number of carbonyl (C=O) groups excluding carboxylic acids is 1. The van der Waals surface area contributed by atoms with Crippen LogP contribution in [0.15, 0.2) is 39.7 Å². The van der Waals surface area contributed by atoms with Crippen LogP contribution in [-0.4, -0.2) is 44.3 Å². The van der Waals surface area contributed by atoms with E-state index in [0.29, 0.717) is 12.2 Å². The van der Waals surface area contributed by atoms with Gasteiger partial charge in [-0.25, -0.2) is 4.79 Å². The number of methoxy groups -OCH3 is 1. The summed E-state index contributed by atoms with van der Waals surface area (Å²) in [6.45, 7) is 1.83. The Bertz CT molecular complexity index is 1090. The summed E-state index contributed by atoms with van der Waals surface area (Å²) < 4.78 is 10.9. The third-order valence-corrected chi connectivity index (χ3v) is 5.88. The van der Waals surface area contributed by atoms with Gasteiger partial charge in [0.1, 0.15) is 27.6 Å². The van der Waals surface area contributed by atoms with E-state index >= 15 is 0 Å². The lowest BCUT2D eigenvalue weighted by Gasteiger charge is -2.22. The van der Waals surface area contributed by atoms with Crippen LogP contribution in [0.4, 0.5) is 5.69 Å². The lowest BCUT2D eigenvalue weighted by molar-refractivity contribution is -0.384. The van der Waals surface area contributed by atoms with E-state index in [-0.39, 0.29) is 38.4 Å². The average Bonchev–Trinajstić information content (AvgIpc) is 3.30.